The van der Waals surface area contributed by atoms with Crippen LogP contribution in [0.15, 0.2) is 36.9 Å². The number of benzene rings is 2. The van der Waals surface area contributed by atoms with Gasteiger partial charge in [-0.1, -0.05) is 11.6 Å². The van der Waals surface area contributed by atoms with Crippen LogP contribution in [0.1, 0.15) is 34.5 Å². The molecule has 10 heteroatoms. The van der Waals surface area contributed by atoms with E-state index in [1.165, 1.54) is 19.5 Å². The highest BCUT2D eigenvalue weighted by Crippen LogP contribution is 2.39. The van der Waals surface area contributed by atoms with E-state index in [0.717, 1.165) is 17.2 Å². The molecule has 1 unspecified atom stereocenters. The number of halogens is 2. The number of hydrogen-bond donors (Lipinski definition) is 3. The van der Waals surface area contributed by atoms with E-state index in [-0.39, 0.29) is 17.4 Å². The minimum Gasteiger partial charge on any atom is -0.496 e. The molecule has 0 spiro atoms. The number of rotatable bonds is 6. The molecule has 0 aliphatic heterocycles. The van der Waals surface area contributed by atoms with Gasteiger partial charge in [-0.15, -0.1) is 0 Å². The second kappa shape index (κ2) is 8.43. The highest BCUT2D eigenvalue weighted by atomic mass is 35.5. The molecule has 1 atom stereocenters. The van der Waals surface area contributed by atoms with Crippen LogP contribution in [0, 0.1) is 12.7 Å². The molecular weight excluding hydrogens is 435 g/mol. The Morgan fingerprint density at radius 2 is 2.00 bits per heavy atom. The van der Waals surface area contributed by atoms with Crippen LogP contribution in [0.4, 0.5) is 10.2 Å². The minimum atomic E-state index is -0.867. The third kappa shape index (κ3) is 3.82. The number of nitrogens with one attached hydrogen (secondary N) is 2. The lowest BCUT2D eigenvalue weighted by Crippen LogP contribution is -2.14. The summed E-state index contributed by atoms with van der Waals surface area (Å²) in [6.45, 7) is 3.78. The first kappa shape index (κ1) is 21.5. The summed E-state index contributed by atoms with van der Waals surface area (Å²) in [7, 11) is 1.43. The monoisotopic (exact) mass is 454 g/mol. The molecule has 0 radical (unpaired) electrons. The van der Waals surface area contributed by atoms with E-state index >= 15 is 0 Å². The Hall–Kier alpha value is -3.72. The highest BCUT2D eigenvalue weighted by molar-refractivity contribution is 6.31. The molecule has 0 saturated heterocycles. The van der Waals surface area contributed by atoms with Crippen molar-refractivity contribution in [2.45, 2.75) is 19.9 Å². The molecule has 0 saturated carbocycles. The van der Waals surface area contributed by atoms with Gasteiger partial charge in [0.1, 0.15) is 23.4 Å². The lowest BCUT2D eigenvalue weighted by molar-refractivity contribution is 0.0996. The van der Waals surface area contributed by atoms with Gasteiger partial charge in [-0.05, 0) is 48.7 Å². The van der Waals surface area contributed by atoms with Gasteiger partial charge >= 0.3 is 0 Å². The highest BCUT2D eigenvalue weighted by Gasteiger charge is 2.20. The zero-order valence-electron chi connectivity index (χ0n) is 17.5. The summed E-state index contributed by atoms with van der Waals surface area (Å²) < 4.78 is 19.6. The Labute approximate surface area is 188 Å². The number of methoxy groups -OCH3 is 1. The smallest absolute Gasteiger partial charge is 0.251 e. The van der Waals surface area contributed by atoms with E-state index in [1.54, 1.807) is 6.33 Å². The Morgan fingerprint density at radius 3 is 2.72 bits per heavy atom. The van der Waals surface area contributed by atoms with Crippen molar-refractivity contribution < 1.29 is 13.9 Å². The van der Waals surface area contributed by atoms with Crippen molar-refractivity contribution in [1.82, 2.24) is 19.9 Å². The zero-order chi connectivity index (χ0) is 23.0. The maximum atomic E-state index is 14.3. The fourth-order valence-electron chi connectivity index (χ4n) is 3.51. The average molecular weight is 455 g/mol. The predicted molar refractivity (Wildman–Crippen MR) is 120 cm³/mol. The molecule has 1 amide bonds. The van der Waals surface area contributed by atoms with Crippen molar-refractivity contribution >= 4 is 34.5 Å². The molecule has 164 valence electrons. The Kier molecular flexibility index (Phi) is 5.67. The van der Waals surface area contributed by atoms with E-state index < -0.39 is 11.7 Å². The predicted octanol–water partition coefficient (Wildman–Crippen LogP) is 4.40. The van der Waals surface area contributed by atoms with E-state index in [4.69, 9.17) is 22.1 Å². The first-order valence-electron chi connectivity index (χ1n) is 9.68. The number of aromatic nitrogens is 4. The molecule has 4 aromatic rings. The van der Waals surface area contributed by atoms with Gasteiger partial charge in [0, 0.05) is 16.7 Å². The molecule has 4 rings (SSSR count). The number of primary amides is 1. The first-order chi connectivity index (χ1) is 15.3. The van der Waals surface area contributed by atoms with Crippen LogP contribution >= 0.6 is 11.6 Å². The molecule has 2 aromatic heterocycles. The summed E-state index contributed by atoms with van der Waals surface area (Å²) in [6, 6.07) is 6.05. The van der Waals surface area contributed by atoms with Crippen molar-refractivity contribution in [3.8, 4) is 16.9 Å². The zero-order valence-corrected chi connectivity index (χ0v) is 18.3. The van der Waals surface area contributed by atoms with Gasteiger partial charge in [0.05, 0.1) is 25.0 Å². The SMILES string of the molecule is COc1cc(F)c(C(N)=O)cc1-c1cc(C(C)Nc2ncnc3[nH]cnc23)cc(Cl)c1C. The number of ether oxygens (including phenoxy) is 1. The number of hydrogen-bond acceptors (Lipinski definition) is 6. The molecule has 8 nitrogen and oxygen atoms in total. The average Bonchev–Trinajstić information content (AvgIpc) is 3.25. The molecule has 0 bridgehead atoms. The van der Waals surface area contributed by atoms with Crippen LogP contribution in [-0.2, 0) is 0 Å². The van der Waals surface area contributed by atoms with Crippen molar-refractivity contribution in [1.29, 1.82) is 0 Å². The van der Waals surface area contributed by atoms with E-state index in [2.05, 4.69) is 25.3 Å². The van der Waals surface area contributed by atoms with Crippen LogP contribution in [0.25, 0.3) is 22.3 Å². The van der Waals surface area contributed by atoms with Crippen LogP contribution in [-0.4, -0.2) is 33.0 Å². The topological polar surface area (TPSA) is 119 Å². The van der Waals surface area contributed by atoms with Crippen LogP contribution < -0.4 is 15.8 Å². The normalized spacial score (nSPS) is 12.0. The maximum absolute atomic E-state index is 14.3. The van der Waals surface area contributed by atoms with Crippen LogP contribution in [0.2, 0.25) is 5.02 Å². The Morgan fingerprint density at radius 1 is 1.22 bits per heavy atom. The van der Waals surface area contributed by atoms with E-state index in [1.807, 2.05) is 26.0 Å². The lowest BCUT2D eigenvalue weighted by Gasteiger charge is -2.20. The summed E-state index contributed by atoms with van der Waals surface area (Å²) in [5.74, 6) is -0.788. The number of H-pyrrole nitrogens is 1. The van der Waals surface area contributed by atoms with Gasteiger partial charge < -0.3 is 20.8 Å². The number of carbonyl (C=O) groups is 1. The Bertz CT molecular complexity index is 1340. The van der Waals surface area contributed by atoms with Gasteiger partial charge in [-0.2, -0.15) is 0 Å². The standard InChI is InChI=1S/C22H20ClFN6O2/c1-10-13(14-6-15(20(25)31)17(24)7-18(14)32-3)4-12(5-16(10)23)11(2)30-22-19-21(27-8-26-19)28-9-29-22/h4-9,11H,1-3H3,(H2,25,31)(H2,26,27,28,29,30). The van der Waals surface area contributed by atoms with E-state index in [9.17, 15) is 9.18 Å². The van der Waals surface area contributed by atoms with Crippen molar-refractivity contribution in [3.63, 3.8) is 0 Å². The molecule has 2 aromatic carbocycles. The maximum Gasteiger partial charge on any atom is 0.251 e. The minimum absolute atomic E-state index is 0.219. The molecule has 0 aliphatic carbocycles. The molecule has 4 N–H and O–H groups in total. The van der Waals surface area contributed by atoms with Gasteiger partial charge in [0.15, 0.2) is 11.5 Å². The number of aromatic amines is 1. The number of imidazole rings is 1. The number of carbonyl (C=O) groups excluding carboxylic acids is 1. The van der Waals surface area contributed by atoms with Gasteiger partial charge in [0.2, 0.25) is 0 Å². The number of fused-ring (bicyclic) bond motifs is 1. The van der Waals surface area contributed by atoms with Gasteiger partial charge in [0.25, 0.3) is 5.91 Å². The van der Waals surface area contributed by atoms with Crippen molar-refractivity contribution in [2.75, 3.05) is 12.4 Å². The lowest BCUT2D eigenvalue weighted by atomic mass is 9.93. The molecular formula is C22H20ClFN6O2. The molecule has 2 heterocycles. The summed E-state index contributed by atoms with van der Waals surface area (Å²) in [5, 5.41) is 3.83. The molecule has 0 fully saturated rings. The number of anilines is 1. The second-order valence-corrected chi connectivity index (χ2v) is 7.67. The quantitative estimate of drug-likeness (QED) is 0.397. The van der Waals surface area contributed by atoms with Crippen LogP contribution in [0.3, 0.4) is 0 Å². The largest absolute Gasteiger partial charge is 0.496 e. The first-order valence-corrected chi connectivity index (χ1v) is 10.1. The van der Waals surface area contributed by atoms with E-state index in [0.29, 0.717) is 33.1 Å². The van der Waals surface area contributed by atoms with Crippen molar-refractivity contribution in [2.24, 2.45) is 5.73 Å². The summed E-state index contributed by atoms with van der Waals surface area (Å²) >= 11 is 6.55. The molecule has 32 heavy (non-hydrogen) atoms. The Balaban J connectivity index is 1.80. The van der Waals surface area contributed by atoms with Gasteiger partial charge in [-0.3, -0.25) is 4.79 Å². The number of nitrogens with two attached hydrogens (primary N) is 1. The number of nitrogens with zero attached hydrogens (tertiary/aromatic N) is 3. The third-order valence-corrected chi connectivity index (χ3v) is 5.67. The van der Waals surface area contributed by atoms with Gasteiger partial charge in [-0.25, -0.2) is 19.3 Å². The summed E-state index contributed by atoms with van der Waals surface area (Å²) in [5.41, 5.74) is 9.13. The third-order valence-electron chi connectivity index (χ3n) is 5.28. The fourth-order valence-corrected chi connectivity index (χ4v) is 3.74. The molecule has 0 aliphatic rings. The van der Waals surface area contributed by atoms with Crippen LogP contribution in [0.5, 0.6) is 5.75 Å². The van der Waals surface area contributed by atoms with Crippen molar-refractivity contribution in [3.05, 3.63) is 64.5 Å². The number of amides is 1. The summed E-state index contributed by atoms with van der Waals surface area (Å²) in [6.07, 6.45) is 2.99. The summed E-state index contributed by atoms with van der Waals surface area (Å²) in [4.78, 5) is 27.3. The fraction of sp³-hybridized carbons (Fsp3) is 0.182. The second-order valence-electron chi connectivity index (χ2n) is 7.26.